The third-order valence-electron chi connectivity index (χ3n) is 13.2. The predicted octanol–water partition coefficient (Wildman–Crippen LogP) is 6.38. The molecular formula is C40H51N11O2S. The van der Waals surface area contributed by atoms with Crippen LogP contribution in [0.5, 0.6) is 0 Å². The van der Waals surface area contributed by atoms with Crippen LogP contribution >= 0.6 is 11.3 Å². The Morgan fingerprint density at radius 2 is 1.96 bits per heavy atom. The largest absolute Gasteiger partial charge is 0.389 e. The van der Waals surface area contributed by atoms with Gasteiger partial charge in [0.05, 0.1) is 34.3 Å². The molecule has 54 heavy (non-hydrogen) atoms. The molecule has 9 rings (SSSR count). The number of carbonyl (C=O) groups is 1. The number of aromatic nitrogens is 6. The van der Waals surface area contributed by atoms with Crippen molar-refractivity contribution in [3.8, 4) is 17.5 Å². The Hall–Kier alpha value is -4.35. The number of hydrogen-bond donors (Lipinski definition) is 2. The molecule has 1 spiro atoms. The number of thiophene rings is 1. The van der Waals surface area contributed by atoms with Gasteiger partial charge in [0.15, 0.2) is 5.76 Å². The molecule has 14 heteroatoms. The van der Waals surface area contributed by atoms with E-state index in [1.165, 1.54) is 9.56 Å². The summed E-state index contributed by atoms with van der Waals surface area (Å²) in [4.78, 5) is 30.4. The minimum Gasteiger partial charge on any atom is -0.389 e. The zero-order valence-corrected chi connectivity index (χ0v) is 32.8. The van der Waals surface area contributed by atoms with Gasteiger partial charge in [-0.1, -0.05) is 38.1 Å². The highest BCUT2D eigenvalue weighted by molar-refractivity contribution is 7.16. The number of nitrogens with one attached hydrogen (secondary N) is 1. The van der Waals surface area contributed by atoms with Crippen molar-refractivity contribution in [2.24, 2.45) is 11.8 Å². The van der Waals surface area contributed by atoms with E-state index in [1.807, 2.05) is 0 Å². The summed E-state index contributed by atoms with van der Waals surface area (Å²) in [6.45, 7) is 13.5. The van der Waals surface area contributed by atoms with Crippen LogP contribution in [0.1, 0.15) is 130 Å². The second kappa shape index (κ2) is 13.4. The summed E-state index contributed by atoms with van der Waals surface area (Å²) in [5.74, 6) is 2.56. The number of nitrogen functional groups attached to an aromatic ring is 1. The Balaban J connectivity index is 1.10. The predicted molar refractivity (Wildman–Crippen MR) is 207 cm³/mol. The third kappa shape index (κ3) is 5.47. The van der Waals surface area contributed by atoms with Gasteiger partial charge in [-0.15, -0.1) is 16.4 Å². The van der Waals surface area contributed by atoms with E-state index in [-0.39, 0.29) is 41.9 Å². The van der Waals surface area contributed by atoms with Crippen molar-refractivity contribution in [2.45, 2.75) is 128 Å². The molecule has 284 valence electrons. The molecule has 2 saturated heterocycles. The fourth-order valence-corrected chi connectivity index (χ4v) is 11.5. The third-order valence-corrected chi connectivity index (χ3v) is 14.3. The number of aryl methyl sites for hydroxylation is 1. The van der Waals surface area contributed by atoms with E-state index in [0.29, 0.717) is 16.5 Å². The summed E-state index contributed by atoms with van der Waals surface area (Å²) in [6, 6.07) is 4.94. The molecule has 13 nitrogen and oxygen atoms in total. The first kappa shape index (κ1) is 35.4. The highest BCUT2D eigenvalue weighted by Gasteiger charge is 2.56. The number of nitriles is 1. The molecule has 3 N–H and O–H groups in total. The molecule has 0 aromatic carbocycles. The Morgan fingerprint density at radius 1 is 1.15 bits per heavy atom. The topological polar surface area (TPSA) is 168 Å². The maximum absolute atomic E-state index is 14.1. The van der Waals surface area contributed by atoms with Gasteiger partial charge in [-0.05, 0) is 101 Å². The van der Waals surface area contributed by atoms with Gasteiger partial charge >= 0.3 is 6.03 Å². The van der Waals surface area contributed by atoms with Crippen LogP contribution in [0.2, 0.25) is 0 Å². The van der Waals surface area contributed by atoms with Crippen LogP contribution < -0.4 is 16.0 Å². The molecule has 4 aromatic rings. The number of amides is 1. The van der Waals surface area contributed by atoms with Crippen LogP contribution in [0.3, 0.4) is 0 Å². The molecule has 3 aliphatic carbocycles. The number of fused-ring (bicyclic) bond motifs is 5. The number of rotatable bonds is 5. The van der Waals surface area contributed by atoms with Crippen molar-refractivity contribution in [1.82, 2.24) is 40.3 Å². The maximum atomic E-state index is 14.1. The van der Waals surface area contributed by atoms with Crippen LogP contribution in [0.4, 0.5) is 15.7 Å². The Kier molecular flexibility index (Phi) is 8.80. The standard InChI is InChI=1S/C40H51N11O2S/c1-21(2)30-20-50(48-46-30)39(52)51-31(22(3)4)16-26-25(15-32(26)51)28-17-29(45-38(44-28)49-14-8-13-43-19-23(49)5)35-24-9-6-11-40(36(24)53-47-35)12-7-10-33-34(40)27(18-41)37(42)54-33/h17,20-23,25-26,31-32,43H,6-16,19,42H2,1-5H3/t23-,25?,26?,31?,32?,40-/m0/s1. The molecule has 0 radical (unpaired) electrons. The van der Waals surface area contributed by atoms with Crippen molar-refractivity contribution in [2.75, 3.05) is 30.3 Å². The van der Waals surface area contributed by atoms with Crippen LogP contribution in [0.25, 0.3) is 11.4 Å². The Morgan fingerprint density at radius 3 is 2.72 bits per heavy atom. The molecule has 1 amide bonds. The minimum atomic E-state index is -0.401. The number of likely N-dealkylation sites (tertiary alicyclic amines) is 1. The quantitative estimate of drug-likeness (QED) is 0.232. The first-order valence-electron chi connectivity index (χ1n) is 20.0. The van der Waals surface area contributed by atoms with Gasteiger partial charge in [-0.3, -0.25) is 0 Å². The van der Waals surface area contributed by atoms with E-state index in [0.717, 1.165) is 123 Å². The highest BCUT2D eigenvalue weighted by atomic mass is 32.1. The van der Waals surface area contributed by atoms with Crippen molar-refractivity contribution in [1.29, 1.82) is 5.26 Å². The second-order valence-corrected chi connectivity index (χ2v) is 18.1. The SMILES string of the molecule is CC(C)c1cn(C(=O)N2C(C(C)C)CC3C(c4cc(-c5noc6c5CCC[C@@]65CCCc6sc(N)c(C#N)c65)nc(N5CCCNC[C@@H]5C)n4)CC32)nn1. The molecule has 6 heterocycles. The summed E-state index contributed by atoms with van der Waals surface area (Å²) >= 11 is 1.56. The molecule has 3 fully saturated rings. The van der Waals surface area contributed by atoms with Crippen LogP contribution in [0, 0.1) is 23.2 Å². The lowest BCUT2D eigenvalue weighted by Gasteiger charge is -2.44. The number of carbonyl (C=O) groups excluding carboxylic acids is 1. The van der Waals surface area contributed by atoms with Gasteiger partial charge in [0.1, 0.15) is 16.8 Å². The van der Waals surface area contributed by atoms with E-state index < -0.39 is 5.41 Å². The fraction of sp³-hybridized carbons (Fsp3) is 0.625. The number of hydrogen-bond acceptors (Lipinski definition) is 12. The van der Waals surface area contributed by atoms with Gasteiger partial charge in [0.2, 0.25) is 5.95 Å². The average molecular weight is 750 g/mol. The lowest BCUT2D eigenvalue weighted by Crippen LogP contribution is -2.51. The lowest BCUT2D eigenvalue weighted by molar-refractivity contribution is 0.105. The molecular weight excluding hydrogens is 699 g/mol. The zero-order chi connectivity index (χ0) is 37.5. The van der Waals surface area contributed by atoms with E-state index in [9.17, 15) is 10.1 Å². The summed E-state index contributed by atoms with van der Waals surface area (Å²) in [6.07, 6.45) is 10.1. The Bertz CT molecular complexity index is 2120. The second-order valence-electron chi connectivity index (χ2n) is 17.0. The van der Waals surface area contributed by atoms with Gasteiger partial charge in [0, 0.05) is 47.6 Å². The van der Waals surface area contributed by atoms with E-state index in [2.05, 4.69) is 72.2 Å². The fourth-order valence-electron chi connectivity index (χ4n) is 10.4. The summed E-state index contributed by atoms with van der Waals surface area (Å²) < 4.78 is 7.88. The Labute approximate surface area is 320 Å². The van der Waals surface area contributed by atoms with Crippen molar-refractivity contribution >= 4 is 28.3 Å². The zero-order valence-electron chi connectivity index (χ0n) is 32.0. The first-order chi connectivity index (χ1) is 26.1. The monoisotopic (exact) mass is 749 g/mol. The molecule has 6 atom stereocenters. The molecule has 1 saturated carbocycles. The van der Waals surface area contributed by atoms with Crippen molar-refractivity contribution in [3.63, 3.8) is 0 Å². The molecule has 5 aliphatic rings. The smallest absolute Gasteiger partial charge is 0.346 e. The summed E-state index contributed by atoms with van der Waals surface area (Å²) in [5, 5.41) is 27.8. The number of nitrogens with zero attached hydrogens (tertiary/aromatic N) is 9. The molecule has 0 bridgehead atoms. The van der Waals surface area contributed by atoms with Gasteiger partial charge in [0.25, 0.3) is 0 Å². The minimum absolute atomic E-state index is 0.0880. The van der Waals surface area contributed by atoms with Crippen molar-refractivity contribution < 1.29 is 9.32 Å². The maximum Gasteiger partial charge on any atom is 0.346 e. The van der Waals surface area contributed by atoms with Gasteiger partial charge in [-0.2, -0.15) is 9.94 Å². The average Bonchev–Trinajstić information content (AvgIpc) is 3.91. The normalized spacial score (nSPS) is 27.8. The lowest BCUT2D eigenvalue weighted by atomic mass is 9.63. The summed E-state index contributed by atoms with van der Waals surface area (Å²) in [7, 11) is 0. The summed E-state index contributed by atoms with van der Waals surface area (Å²) in [5.41, 5.74) is 12.2. The van der Waals surface area contributed by atoms with E-state index in [4.69, 9.17) is 25.4 Å². The van der Waals surface area contributed by atoms with E-state index in [1.54, 1.807) is 17.5 Å². The highest BCUT2D eigenvalue weighted by Crippen LogP contribution is 2.57. The molecule has 2 aliphatic heterocycles. The van der Waals surface area contributed by atoms with Crippen molar-refractivity contribution in [3.05, 3.63) is 51.0 Å². The van der Waals surface area contributed by atoms with E-state index >= 15 is 0 Å². The van der Waals surface area contributed by atoms with Crippen LogP contribution in [0.15, 0.2) is 16.8 Å². The van der Waals surface area contributed by atoms with Gasteiger partial charge in [-0.25, -0.2) is 14.8 Å². The van der Waals surface area contributed by atoms with Gasteiger partial charge < -0.3 is 25.4 Å². The molecule has 4 aromatic heterocycles. The number of anilines is 2. The number of nitrogens with two attached hydrogens (primary N) is 1. The first-order valence-corrected chi connectivity index (χ1v) is 20.8. The molecule has 4 unspecified atom stereocenters. The van der Waals surface area contributed by atoms with Crippen LogP contribution in [-0.2, 0) is 18.3 Å². The van der Waals surface area contributed by atoms with Crippen LogP contribution in [-0.4, -0.2) is 78.8 Å².